The molecule has 34 heavy (non-hydrogen) atoms. The predicted molar refractivity (Wildman–Crippen MR) is 132 cm³/mol. The van der Waals surface area contributed by atoms with E-state index in [4.69, 9.17) is 9.47 Å². The summed E-state index contributed by atoms with van der Waals surface area (Å²) in [5.74, 6) is -0.305. The van der Waals surface area contributed by atoms with Crippen LogP contribution in [0.5, 0.6) is 5.75 Å². The van der Waals surface area contributed by atoms with Gasteiger partial charge in [-0.3, -0.25) is 9.59 Å². The average Bonchev–Trinajstić information content (AvgIpc) is 2.79. The molecule has 0 saturated heterocycles. The lowest BCUT2D eigenvalue weighted by atomic mass is 9.87. The first-order valence-electron chi connectivity index (χ1n) is 10.9. The van der Waals surface area contributed by atoms with Gasteiger partial charge in [-0.05, 0) is 72.5 Å². The topological polar surface area (TPSA) is 93.7 Å². The largest absolute Gasteiger partial charge is 0.513 e. The summed E-state index contributed by atoms with van der Waals surface area (Å²) in [6.45, 7) is 8.25. The smallest absolute Gasteiger partial charge is 0.434 e. The second-order valence-corrected chi connectivity index (χ2v) is 8.63. The van der Waals surface area contributed by atoms with E-state index >= 15 is 0 Å². The van der Waals surface area contributed by atoms with Crippen molar-refractivity contribution in [3.63, 3.8) is 0 Å². The molecule has 0 aliphatic heterocycles. The average molecular weight is 461 g/mol. The molecule has 0 aliphatic rings. The molecule has 0 saturated carbocycles. The Morgan fingerprint density at radius 1 is 0.765 bits per heavy atom. The minimum Gasteiger partial charge on any atom is -0.434 e. The van der Waals surface area contributed by atoms with Crippen molar-refractivity contribution in [2.75, 3.05) is 17.2 Å². The summed E-state index contributed by atoms with van der Waals surface area (Å²) in [5.41, 5.74) is 3.17. The summed E-state index contributed by atoms with van der Waals surface area (Å²) >= 11 is 0. The molecule has 7 heteroatoms. The van der Waals surface area contributed by atoms with Crippen LogP contribution in [0.1, 0.15) is 54.0 Å². The van der Waals surface area contributed by atoms with Crippen LogP contribution < -0.4 is 15.4 Å². The van der Waals surface area contributed by atoms with Gasteiger partial charge in [0, 0.05) is 22.5 Å². The zero-order valence-corrected chi connectivity index (χ0v) is 19.7. The molecule has 0 unspecified atom stereocenters. The number of anilines is 2. The molecule has 176 valence electrons. The van der Waals surface area contributed by atoms with E-state index in [9.17, 15) is 14.4 Å². The van der Waals surface area contributed by atoms with Gasteiger partial charge in [0.1, 0.15) is 5.75 Å². The molecule has 2 amide bonds. The standard InChI is InChI=1S/C27H28N2O5/c1-5-33-26(32)34-23-15-11-19(12-16-23)25(31)29-22-8-6-7-21(17-22)28-24(30)18-9-13-20(14-10-18)27(2,3)4/h6-17H,5H2,1-4H3,(H,28,30)(H,29,31). The molecule has 0 fully saturated rings. The Balaban J connectivity index is 1.62. The van der Waals surface area contributed by atoms with Gasteiger partial charge < -0.3 is 20.1 Å². The summed E-state index contributed by atoms with van der Waals surface area (Å²) in [7, 11) is 0. The predicted octanol–water partition coefficient (Wildman–Crippen LogP) is 6.02. The molecular formula is C27H28N2O5. The van der Waals surface area contributed by atoms with Crippen molar-refractivity contribution >= 4 is 29.3 Å². The Morgan fingerprint density at radius 3 is 1.74 bits per heavy atom. The zero-order valence-electron chi connectivity index (χ0n) is 19.7. The SMILES string of the molecule is CCOC(=O)Oc1ccc(C(=O)Nc2cccc(NC(=O)c3ccc(C(C)(C)C)cc3)c2)cc1. The van der Waals surface area contributed by atoms with Crippen LogP contribution in [-0.4, -0.2) is 24.6 Å². The first kappa shape index (κ1) is 24.5. The van der Waals surface area contributed by atoms with Crippen molar-refractivity contribution in [2.45, 2.75) is 33.1 Å². The highest BCUT2D eigenvalue weighted by molar-refractivity contribution is 6.06. The van der Waals surface area contributed by atoms with Crippen molar-refractivity contribution < 1.29 is 23.9 Å². The monoisotopic (exact) mass is 460 g/mol. The van der Waals surface area contributed by atoms with Crippen LogP contribution in [0.15, 0.2) is 72.8 Å². The molecule has 3 aromatic carbocycles. The Kier molecular flexibility index (Phi) is 7.68. The van der Waals surface area contributed by atoms with Gasteiger partial charge in [-0.25, -0.2) is 4.79 Å². The minimum atomic E-state index is -0.802. The summed E-state index contributed by atoms with van der Waals surface area (Å²) in [4.78, 5) is 36.6. The Hall–Kier alpha value is -4.13. The third kappa shape index (κ3) is 6.68. The second kappa shape index (κ2) is 10.7. The fourth-order valence-corrected chi connectivity index (χ4v) is 3.12. The number of rotatable bonds is 6. The molecule has 3 aromatic rings. The normalized spacial score (nSPS) is 10.8. The zero-order chi connectivity index (χ0) is 24.7. The van der Waals surface area contributed by atoms with E-state index in [2.05, 4.69) is 31.4 Å². The number of carbonyl (C=O) groups is 3. The maximum atomic E-state index is 12.6. The summed E-state index contributed by atoms with van der Waals surface area (Å²) < 4.78 is 9.70. The fourth-order valence-electron chi connectivity index (χ4n) is 3.12. The number of carbonyl (C=O) groups excluding carboxylic acids is 3. The summed E-state index contributed by atoms with van der Waals surface area (Å²) in [6, 6.07) is 20.5. The van der Waals surface area contributed by atoms with Crippen LogP contribution in [-0.2, 0) is 10.2 Å². The number of hydrogen-bond donors (Lipinski definition) is 2. The highest BCUT2D eigenvalue weighted by atomic mass is 16.7. The van der Waals surface area contributed by atoms with Gasteiger partial charge in [-0.2, -0.15) is 0 Å². The molecule has 0 radical (unpaired) electrons. The first-order chi connectivity index (χ1) is 16.2. The molecule has 0 aromatic heterocycles. The quantitative estimate of drug-likeness (QED) is 0.346. The van der Waals surface area contributed by atoms with Gasteiger partial charge in [-0.1, -0.05) is 39.0 Å². The minimum absolute atomic E-state index is 0.00971. The number of nitrogens with one attached hydrogen (secondary N) is 2. The van der Waals surface area contributed by atoms with Crippen LogP contribution in [0.25, 0.3) is 0 Å². The Labute approximate surface area is 199 Å². The van der Waals surface area contributed by atoms with Crippen LogP contribution in [0.4, 0.5) is 16.2 Å². The van der Waals surface area contributed by atoms with E-state index in [1.54, 1.807) is 43.3 Å². The lowest BCUT2D eigenvalue weighted by Gasteiger charge is -2.19. The molecular weight excluding hydrogens is 432 g/mol. The van der Waals surface area contributed by atoms with Gasteiger partial charge in [0.2, 0.25) is 0 Å². The molecule has 2 N–H and O–H groups in total. The molecule has 0 spiro atoms. The van der Waals surface area contributed by atoms with Crippen molar-refractivity contribution in [3.05, 3.63) is 89.5 Å². The molecule has 0 aliphatic carbocycles. The van der Waals surface area contributed by atoms with Crippen LogP contribution in [0.3, 0.4) is 0 Å². The fraction of sp³-hybridized carbons (Fsp3) is 0.222. The van der Waals surface area contributed by atoms with Gasteiger partial charge in [0.25, 0.3) is 11.8 Å². The number of amides is 2. The molecule has 0 heterocycles. The number of benzene rings is 3. The molecule has 7 nitrogen and oxygen atoms in total. The Morgan fingerprint density at radius 2 is 1.26 bits per heavy atom. The third-order valence-electron chi connectivity index (χ3n) is 4.97. The van der Waals surface area contributed by atoms with Gasteiger partial charge in [-0.15, -0.1) is 0 Å². The third-order valence-corrected chi connectivity index (χ3v) is 4.97. The van der Waals surface area contributed by atoms with Crippen molar-refractivity contribution in [1.82, 2.24) is 0 Å². The van der Waals surface area contributed by atoms with E-state index in [-0.39, 0.29) is 29.6 Å². The van der Waals surface area contributed by atoms with E-state index in [0.717, 1.165) is 5.56 Å². The second-order valence-electron chi connectivity index (χ2n) is 8.63. The highest BCUT2D eigenvalue weighted by Gasteiger charge is 2.15. The van der Waals surface area contributed by atoms with E-state index in [1.165, 1.54) is 24.3 Å². The lowest BCUT2D eigenvalue weighted by molar-refractivity contribution is 0.101. The first-order valence-corrected chi connectivity index (χ1v) is 10.9. The van der Waals surface area contributed by atoms with Crippen LogP contribution in [0, 0.1) is 0 Å². The van der Waals surface area contributed by atoms with Gasteiger partial charge in [0.15, 0.2) is 0 Å². The van der Waals surface area contributed by atoms with Gasteiger partial charge >= 0.3 is 6.16 Å². The maximum Gasteiger partial charge on any atom is 0.513 e. The molecule has 3 rings (SSSR count). The molecule has 0 bridgehead atoms. The van der Waals surface area contributed by atoms with Crippen LogP contribution in [0.2, 0.25) is 0 Å². The van der Waals surface area contributed by atoms with E-state index in [0.29, 0.717) is 22.5 Å². The van der Waals surface area contributed by atoms with Crippen LogP contribution >= 0.6 is 0 Å². The van der Waals surface area contributed by atoms with Crippen molar-refractivity contribution in [2.24, 2.45) is 0 Å². The molecule has 0 atom stereocenters. The number of hydrogen-bond acceptors (Lipinski definition) is 5. The van der Waals surface area contributed by atoms with E-state index < -0.39 is 6.16 Å². The number of ether oxygens (including phenoxy) is 2. The van der Waals surface area contributed by atoms with Crippen molar-refractivity contribution in [1.29, 1.82) is 0 Å². The summed E-state index contributed by atoms with van der Waals surface area (Å²) in [6.07, 6.45) is -0.802. The maximum absolute atomic E-state index is 12.6. The van der Waals surface area contributed by atoms with E-state index in [1.807, 2.05) is 12.1 Å². The lowest BCUT2D eigenvalue weighted by Crippen LogP contribution is -2.15. The highest BCUT2D eigenvalue weighted by Crippen LogP contribution is 2.23. The Bertz CT molecular complexity index is 1160. The van der Waals surface area contributed by atoms with Crippen molar-refractivity contribution in [3.8, 4) is 5.75 Å². The summed E-state index contributed by atoms with van der Waals surface area (Å²) in [5, 5.41) is 5.65. The van der Waals surface area contributed by atoms with Gasteiger partial charge in [0.05, 0.1) is 6.61 Å².